The Hall–Kier alpha value is -1.02. The minimum Gasteiger partial charge on any atom is -0.339 e. The summed E-state index contributed by atoms with van der Waals surface area (Å²) in [4.78, 5) is 15.3. The summed E-state index contributed by atoms with van der Waals surface area (Å²) in [5.74, 6) is 1.41. The third-order valence-corrected chi connectivity index (χ3v) is 5.14. The van der Waals surface area contributed by atoms with E-state index in [0.29, 0.717) is 5.88 Å². The normalized spacial score (nSPS) is 26.1. The molecule has 0 saturated carbocycles. The number of nitrogens with zero attached hydrogens (tertiary/aromatic N) is 1. The van der Waals surface area contributed by atoms with Crippen molar-refractivity contribution < 1.29 is 4.79 Å². The van der Waals surface area contributed by atoms with E-state index in [4.69, 9.17) is 11.6 Å². The number of halogens is 1. The third-order valence-electron chi connectivity index (χ3n) is 4.92. The van der Waals surface area contributed by atoms with Crippen LogP contribution in [0.25, 0.3) is 0 Å². The van der Waals surface area contributed by atoms with E-state index in [1.807, 2.05) is 23.1 Å². The first-order valence-electron chi connectivity index (χ1n) is 7.88. The molecular weight excluding hydrogens is 282 g/mol. The van der Waals surface area contributed by atoms with E-state index < -0.39 is 5.41 Å². The highest BCUT2D eigenvalue weighted by atomic mass is 35.5. The van der Waals surface area contributed by atoms with Crippen molar-refractivity contribution in [2.75, 3.05) is 12.4 Å². The molecule has 1 saturated heterocycles. The molecule has 0 radical (unpaired) electrons. The van der Waals surface area contributed by atoms with E-state index in [-0.39, 0.29) is 23.8 Å². The van der Waals surface area contributed by atoms with Gasteiger partial charge in [-0.15, -0.1) is 11.6 Å². The summed E-state index contributed by atoms with van der Waals surface area (Å²) in [7, 11) is 0. The van der Waals surface area contributed by atoms with Crippen LogP contribution in [-0.2, 0) is 10.2 Å². The summed E-state index contributed by atoms with van der Waals surface area (Å²) in [6.45, 7) is 9.33. The first kappa shape index (κ1) is 16.4. The van der Waals surface area contributed by atoms with Crippen LogP contribution in [0.4, 0.5) is 0 Å². The summed E-state index contributed by atoms with van der Waals surface area (Å²) in [6.07, 6.45) is 0.879. The number of hydrogen-bond donors (Lipinski definition) is 0. The van der Waals surface area contributed by atoms with Gasteiger partial charge in [-0.2, -0.15) is 0 Å². The van der Waals surface area contributed by atoms with Crippen LogP contribution < -0.4 is 0 Å². The van der Waals surface area contributed by atoms with Gasteiger partial charge in [0.25, 0.3) is 0 Å². The number of hydrogen-bond acceptors (Lipinski definition) is 1. The lowest BCUT2D eigenvalue weighted by atomic mass is 9.64. The standard InChI is InChI=1S/C18H26ClNO/c1-13(2)18(15-8-6-5-7-9-15)16(10-11-19)12-20(14(3)4)17(18)21/h5-9,13-14,16H,10-12H2,1-4H3/t16-,18-/m0/s1. The molecule has 0 bridgehead atoms. The van der Waals surface area contributed by atoms with E-state index >= 15 is 0 Å². The van der Waals surface area contributed by atoms with Gasteiger partial charge in [-0.25, -0.2) is 0 Å². The maximum Gasteiger partial charge on any atom is 0.234 e. The Balaban J connectivity index is 2.57. The Morgan fingerprint density at radius 1 is 1.24 bits per heavy atom. The minimum atomic E-state index is -0.430. The van der Waals surface area contributed by atoms with Crippen LogP contribution in [0, 0.1) is 11.8 Å². The molecule has 3 heteroatoms. The molecule has 1 aromatic carbocycles. The van der Waals surface area contributed by atoms with Crippen LogP contribution in [0.2, 0.25) is 0 Å². The maximum absolute atomic E-state index is 13.3. The molecule has 0 unspecified atom stereocenters. The van der Waals surface area contributed by atoms with Gasteiger partial charge in [-0.3, -0.25) is 4.79 Å². The Labute approximate surface area is 133 Å². The zero-order chi connectivity index (χ0) is 15.6. The molecule has 1 heterocycles. The summed E-state index contributed by atoms with van der Waals surface area (Å²) in [5.41, 5.74) is 0.712. The van der Waals surface area contributed by atoms with Gasteiger partial charge in [0.15, 0.2) is 0 Å². The quantitative estimate of drug-likeness (QED) is 0.751. The number of carbonyl (C=O) groups excluding carboxylic acids is 1. The van der Waals surface area contributed by atoms with Crippen molar-refractivity contribution in [2.24, 2.45) is 11.8 Å². The van der Waals surface area contributed by atoms with Gasteiger partial charge >= 0.3 is 0 Å². The fraction of sp³-hybridized carbons (Fsp3) is 0.611. The van der Waals surface area contributed by atoms with Crippen LogP contribution in [0.15, 0.2) is 30.3 Å². The molecule has 0 aromatic heterocycles. The molecule has 1 amide bonds. The minimum absolute atomic E-state index is 0.236. The van der Waals surface area contributed by atoms with Gasteiger partial charge in [0.1, 0.15) is 0 Å². The highest BCUT2D eigenvalue weighted by Crippen LogP contribution is 2.48. The number of likely N-dealkylation sites (tertiary alicyclic amines) is 1. The molecule has 2 nitrogen and oxygen atoms in total. The second-order valence-electron chi connectivity index (χ2n) is 6.62. The molecule has 0 aliphatic carbocycles. The molecule has 21 heavy (non-hydrogen) atoms. The molecule has 2 rings (SSSR count). The lowest BCUT2D eigenvalue weighted by Gasteiger charge is -2.37. The largest absolute Gasteiger partial charge is 0.339 e. The summed E-state index contributed by atoms with van der Waals surface area (Å²) >= 11 is 6.05. The molecular formula is C18H26ClNO. The summed E-state index contributed by atoms with van der Waals surface area (Å²) < 4.78 is 0. The van der Waals surface area contributed by atoms with Gasteiger partial charge in [-0.1, -0.05) is 44.2 Å². The first-order valence-corrected chi connectivity index (χ1v) is 8.42. The van der Waals surface area contributed by atoms with Crippen molar-refractivity contribution in [3.63, 3.8) is 0 Å². The van der Waals surface area contributed by atoms with Crippen LogP contribution in [0.3, 0.4) is 0 Å². The molecule has 0 N–H and O–H groups in total. The van der Waals surface area contributed by atoms with E-state index in [1.54, 1.807) is 0 Å². The number of carbonyl (C=O) groups is 1. The predicted octanol–water partition coefficient (Wildman–Crippen LogP) is 4.08. The smallest absolute Gasteiger partial charge is 0.234 e. The molecule has 2 atom stereocenters. The number of alkyl halides is 1. The topological polar surface area (TPSA) is 20.3 Å². The highest BCUT2D eigenvalue weighted by Gasteiger charge is 2.56. The molecule has 1 aromatic rings. The molecule has 1 fully saturated rings. The van der Waals surface area contributed by atoms with Crippen LogP contribution >= 0.6 is 11.6 Å². The fourth-order valence-corrected chi connectivity index (χ4v) is 4.16. The van der Waals surface area contributed by atoms with Crippen molar-refractivity contribution in [3.05, 3.63) is 35.9 Å². The van der Waals surface area contributed by atoms with E-state index in [0.717, 1.165) is 18.5 Å². The van der Waals surface area contributed by atoms with Crippen LogP contribution in [0.1, 0.15) is 39.7 Å². The van der Waals surface area contributed by atoms with Crippen molar-refractivity contribution in [1.82, 2.24) is 4.90 Å². The molecule has 1 aliphatic heterocycles. The monoisotopic (exact) mass is 307 g/mol. The number of amides is 1. The van der Waals surface area contributed by atoms with Crippen LogP contribution in [-0.4, -0.2) is 29.3 Å². The average molecular weight is 308 g/mol. The average Bonchev–Trinajstić information content (AvgIpc) is 2.74. The predicted molar refractivity (Wildman–Crippen MR) is 88.6 cm³/mol. The van der Waals surface area contributed by atoms with Crippen molar-refractivity contribution >= 4 is 17.5 Å². The Morgan fingerprint density at radius 2 is 1.86 bits per heavy atom. The first-order chi connectivity index (χ1) is 9.96. The van der Waals surface area contributed by atoms with Crippen molar-refractivity contribution in [1.29, 1.82) is 0 Å². The SMILES string of the molecule is CC(C)N1C[C@H](CCCl)[C@@](c2ccccc2)(C(C)C)C1=O. The van der Waals surface area contributed by atoms with Crippen molar-refractivity contribution in [3.8, 4) is 0 Å². The van der Waals surface area contributed by atoms with Crippen LogP contribution in [0.5, 0.6) is 0 Å². The summed E-state index contributed by atoms with van der Waals surface area (Å²) in [6, 6.07) is 10.5. The van der Waals surface area contributed by atoms with Crippen molar-refractivity contribution in [2.45, 2.75) is 45.6 Å². The molecule has 0 spiro atoms. The molecule has 116 valence electrons. The van der Waals surface area contributed by atoms with Gasteiger partial charge in [-0.05, 0) is 37.7 Å². The Kier molecular flexibility index (Phi) is 4.98. The Morgan fingerprint density at radius 3 is 2.33 bits per heavy atom. The van der Waals surface area contributed by atoms with E-state index in [9.17, 15) is 4.79 Å². The zero-order valence-electron chi connectivity index (χ0n) is 13.5. The maximum atomic E-state index is 13.3. The molecule has 1 aliphatic rings. The summed E-state index contributed by atoms with van der Waals surface area (Å²) in [5, 5.41) is 0. The second kappa shape index (κ2) is 6.39. The number of rotatable bonds is 5. The van der Waals surface area contributed by atoms with E-state index in [1.165, 1.54) is 0 Å². The van der Waals surface area contributed by atoms with E-state index in [2.05, 4.69) is 39.8 Å². The van der Waals surface area contributed by atoms with Gasteiger partial charge in [0.05, 0.1) is 5.41 Å². The fourth-order valence-electron chi connectivity index (χ4n) is 3.90. The number of benzene rings is 1. The third kappa shape index (κ3) is 2.59. The Bertz CT molecular complexity index is 485. The van der Waals surface area contributed by atoms with Gasteiger partial charge < -0.3 is 4.90 Å². The second-order valence-corrected chi connectivity index (χ2v) is 6.99. The van der Waals surface area contributed by atoms with Gasteiger partial charge in [0, 0.05) is 18.5 Å². The highest BCUT2D eigenvalue weighted by molar-refractivity contribution is 6.17. The lowest BCUT2D eigenvalue weighted by Crippen LogP contribution is -2.46. The van der Waals surface area contributed by atoms with Gasteiger partial charge in [0.2, 0.25) is 5.91 Å². The lowest BCUT2D eigenvalue weighted by molar-refractivity contribution is -0.135. The zero-order valence-corrected chi connectivity index (χ0v) is 14.2.